The average molecular weight is 286 g/mol. The van der Waals surface area contributed by atoms with E-state index in [4.69, 9.17) is 0 Å². The summed E-state index contributed by atoms with van der Waals surface area (Å²) in [7, 11) is 0. The molecule has 1 aromatic carbocycles. The van der Waals surface area contributed by atoms with Gasteiger partial charge in [-0.2, -0.15) is 0 Å². The van der Waals surface area contributed by atoms with Gasteiger partial charge in [0.25, 0.3) is 0 Å². The van der Waals surface area contributed by atoms with E-state index in [1.54, 1.807) is 6.07 Å². The Morgan fingerprint density at radius 2 is 2.31 bits per heavy atom. The molecule has 3 atom stereocenters. The van der Waals surface area contributed by atoms with Crippen LogP contribution in [0.15, 0.2) is 22.7 Å². The standard InChI is InChI=1S/C13H17BrFN/c1-3-16-8(2)11-7-12(11)10-5-4-9(14)6-13(10)15/h4-6,8,11-12,16H,3,7H2,1-2H3. The third-order valence-corrected chi connectivity index (χ3v) is 3.86. The first-order valence-electron chi connectivity index (χ1n) is 5.81. The second-order valence-corrected chi connectivity index (χ2v) is 5.43. The molecule has 1 saturated carbocycles. The van der Waals surface area contributed by atoms with Crippen LogP contribution in [-0.4, -0.2) is 12.6 Å². The number of rotatable bonds is 4. The van der Waals surface area contributed by atoms with Crippen LogP contribution in [0.3, 0.4) is 0 Å². The van der Waals surface area contributed by atoms with Crippen molar-refractivity contribution >= 4 is 15.9 Å². The van der Waals surface area contributed by atoms with Gasteiger partial charge in [0.2, 0.25) is 0 Å². The second kappa shape index (κ2) is 4.84. The highest BCUT2D eigenvalue weighted by molar-refractivity contribution is 9.10. The van der Waals surface area contributed by atoms with Gasteiger partial charge in [-0.15, -0.1) is 0 Å². The predicted octanol–water partition coefficient (Wildman–Crippen LogP) is 3.69. The maximum absolute atomic E-state index is 13.7. The molecule has 0 aromatic heterocycles. The Hall–Kier alpha value is -0.410. The van der Waals surface area contributed by atoms with E-state index in [0.29, 0.717) is 17.9 Å². The molecule has 2 rings (SSSR count). The van der Waals surface area contributed by atoms with Gasteiger partial charge in [0.15, 0.2) is 0 Å². The van der Waals surface area contributed by atoms with Crippen LogP contribution in [0.2, 0.25) is 0 Å². The molecule has 1 fully saturated rings. The van der Waals surface area contributed by atoms with Crippen molar-refractivity contribution in [1.29, 1.82) is 0 Å². The van der Waals surface area contributed by atoms with Gasteiger partial charge in [-0.3, -0.25) is 0 Å². The van der Waals surface area contributed by atoms with Crippen molar-refractivity contribution in [3.63, 3.8) is 0 Å². The Kier molecular flexibility index (Phi) is 3.65. The first-order valence-corrected chi connectivity index (χ1v) is 6.61. The Labute approximate surface area is 105 Å². The van der Waals surface area contributed by atoms with Gasteiger partial charge in [0.1, 0.15) is 5.82 Å². The van der Waals surface area contributed by atoms with Crippen molar-refractivity contribution in [2.75, 3.05) is 6.54 Å². The summed E-state index contributed by atoms with van der Waals surface area (Å²) in [6.07, 6.45) is 1.10. The smallest absolute Gasteiger partial charge is 0.127 e. The monoisotopic (exact) mass is 285 g/mol. The van der Waals surface area contributed by atoms with Gasteiger partial charge in [-0.25, -0.2) is 4.39 Å². The molecular formula is C13H17BrFN. The number of benzene rings is 1. The lowest BCUT2D eigenvalue weighted by Crippen LogP contribution is -2.27. The van der Waals surface area contributed by atoms with E-state index in [1.165, 1.54) is 0 Å². The van der Waals surface area contributed by atoms with Crippen LogP contribution in [-0.2, 0) is 0 Å². The Morgan fingerprint density at radius 1 is 1.56 bits per heavy atom. The quantitative estimate of drug-likeness (QED) is 0.890. The minimum Gasteiger partial charge on any atom is -0.314 e. The average Bonchev–Trinajstić information content (AvgIpc) is 2.98. The minimum absolute atomic E-state index is 0.0782. The fourth-order valence-corrected chi connectivity index (χ4v) is 2.73. The van der Waals surface area contributed by atoms with Crippen molar-refractivity contribution in [2.24, 2.45) is 5.92 Å². The molecule has 0 amide bonds. The highest BCUT2D eigenvalue weighted by Gasteiger charge is 2.42. The molecular weight excluding hydrogens is 269 g/mol. The number of halogens is 2. The van der Waals surface area contributed by atoms with Crippen LogP contribution in [0, 0.1) is 11.7 Å². The summed E-state index contributed by atoms with van der Waals surface area (Å²) in [5.74, 6) is 0.920. The van der Waals surface area contributed by atoms with E-state index < -0.39 is 0 Å². The van der Waals surface area contributed by atoms with E-state index >= 15 is 0 Å². The summed E-state index contributed by atoms with van der Waals surface area (Å²) in [5, 5.41) is 3.41. The predicted molar refractivity (Wildman–Crippen MR) is 68.1 cm³/mol. The van der Waals surface area contributed by atoms with Crippen LogP contribution in [0.25, 0.3) is 0 Å². The van der Waals surface area contributed by atoms with Crippen LogP contribution in [0.1, 0.15) is 31.7 Å². The molecule has 0 radical (unpaired) electrons. The van der Waals surface area contributed by atoms with Crippen molar-refractivity contribution in [2.45, 2.75) is 32.2 Å². The van der Waals surface area contributed by atoms with E-state index in [2.05, 4.69) is 35.1 Å². The van der Waals surface area contributed by atoms with Gasteiger partial charge < -0.3 is 5.32 Å². The lowest BCUT2D eigenvalue weighted by atomic mass is 10.1. The Morgan fingerprint density at radius 3 is 2.94 bits per heavy atom. The molecule has 1 aliphatic rings. The second-order valence-electron chi connectivity index (χ2n) is 4.52. The highest BCUT2D eigenvalue weighted by atomic mass is 79.9. The van der Waals surface area contributed by atoms with E-state index in [1.807, 2.05) is 12.1 Å². The van der Waals surface area contributed by atoms with Crippen molar-refractivity contribution in [1.82, 2.24) is 5.32 Å². The molecule has 1 nitrogen and oxygen atoms in total. The van der Waals surface area contributed by atoms with E-state index in [0.717, 1.165) is 23.0 Å². The largest absolute Gasteiger partial charge is 0.314 e. The molecule has 0 spiro atoms. The van der Waals surface area contributed by atoms with Crippen LogP contribution in [0.5, 0.6) is 0 Å². The third kappa shape index (κ3) is 2.46. The summed E-state index contributed by atoms with van der Waals surface area (Å²) < 4.78 is 14.5. The van der Waals surface area contributed by atoms with Gasteiger partial charge in [0, 0.05) is 10.5 Å². The molecule has 16 heavy (non-hydrogen) atoms. The fraction of sp³-hybridized carbons (Fsp3) is 0.538. The van der Waals surface area contributed by atoms with Crippen molar-refractivity contribution < 1.29 is 4.39 Å². The summed E-state index contributed by atoms with van der Waals surface area (Å²) in [6.45, 7) is 5.27. The molecule has 88 valence electrons. The Bertz CT molecular complexity index is 380. The van der Waals surface area contributed by atoms with Crippen molar-refractivity contribution in [3.8, 4) is 0 Å². The maximum atomic E-state index is 13.7. The van der Waals surface area contributed by atoms with Crippen LogP contribution >= 0.6 is 15.9 Å². The summed E-state index contributed by atoms with van der Waals surface area (Å²) in [6, 6.07) is 5.87. The van der Waals surface area contributed by atoms with E-state index in [9.17, 15) is 4.39 Å². The van der Waals surface area contributed by atoms with Crippen LogP contribution < -0.4 is 5.32 Å². The topological polar surface area (TPSA) is 12.0 Å². The molecule has 3 unspecified atom stereocenters. The molecule has 1 aliphatic carbocycles. The summed E-state index contributed by atoms with van der Waals surface area (Å²) in [5.41, 5.74) is 0.873. The zero-order chi connectivity index (χ0) is 11.7. The first-order chi connectivity index (χ1) is 7.63. The van der Waals surface area contributed by atoms with Crippen LogP contribution in [0.4, 0.5) is 4.39 Å². The number of hydrogen-bond donors (Lipinski definition) is 1. The molecule has 0 aliphatic heterocycles. The minimum atomic E-state index is -0.0782. The van der Waals surface area contributed by atoms with Gasteiger partial charge in [0.05, 0.1) is 0 Å². The van der Waals surface area contributed by atoms with Gasteiger partial charge in [-0.1, -0.05) is 28.9 Å². The fourth-order valence-electron chi connectivity index (χ4n) is 2.40. The normalized spacial score (nSPS) is 25.5. The molecule has 0 saturated heterocycles. The number of hydrogen-bond acceptors (Lipinski definition) is 1. The maximum Gasteiger partial charge on any atom is 0.127 e. The summed E-state index contributed by atoms with van der Waals surface area (Å²) >= 11 is 3.28. The first kappa shape index (κ1) is 12.1. The molecule has 0 bridgehead atoms. The Balaban J connectivity index is 2.05. The zero-order valence-corrected chi connectivity index (χ0v) is 11.2. The van der Waals surface area contributed by atoms with Crippen molar-refractivity contribution in [3.05, 3.63) is 34.1 Å². The number of nitrogens with one attached hydrogen (secondary N) is 1. The SMILES string of the molecule is CCNC(C)C1CC1c1ccc(Br)cc1F. The third-order valence-electron chi connectivity index (χ3n) is 3.37. The molecule has 3 heteroatoms. The molecule has 0 heterocycles. The lowest BCUT2D eigenvalue weighted by Gasteiger charge is -2.12. The lowest BCUT2D eigenvalue weighted by molar-refractivity contribution is 0.499. The van der Waals surface area contributed by atoms with Gasteiger partial charge >= 0.3 is 0 Å². The summed E-state index contributed by atoms with van der Waals surface area (Å²) in [4.78, 5) is 0. The van der Waals surface area contributed by atoms with E-state index in [-0.39, 0.29) is 5.82 Å². The van der Waals surface area contributed by atoms with Gasteiger partial charge in [-0.05, 0) is 49.4 Å². The zero-order valence-electron chi connectivity index (χ0n) is 9.63. The molecule has 1 N–H and O–H groups in total. The highest BCUT2D eigenvalue weighted by Crippen LogP contribution is 2.50. The molecule has 1 aromatic rings.